The van der Waals surface area contributed by atoms with Crippen LogP contribution in [0.25, 0.3) is 0 Å². The van der Waals surface area contributed by atoms with Crippen molar-refractivity contribution in [1.82, 2.24) is 9.97 Å². The number of nitrogens with one attached hydrogen (secondary N) is 3. The lowest BCUT2D eigenvalue weighted by molar-refractivity contribution is 0.102. The van der Waals surface area contributed by atoms with Crippen LogP contribution in [0.5, 0.6) is 0 Å². The lowest BCUT2D eigenvalue weighted by Gasteiger charge is -2.40. The Hall–Kier alpha value is -3.14. The topological polar surface area (TPSA) is 116 Å². The van der Waals surface area contributed by atoms with Gasteiger partial charge in [0, 0.05) is 25.8 Å². The number of hydrogen-bond acceptors (Lipinski definition) is 7. The highest BCUT2D eigenvalue weighted by Gasteiger charge is 2.31. The number of piperidine rings is 1. The molecule has 34 heavy (non-hydrogen) atoms. The van der Waals surface area contributed by atoms with Gasteiger partial charge in [0.1, 0.15) is 5.82 Å². The first-order chi connectivity index (χ1) is 16.3. The van der Waals surface area contributed by atoms with E-state index < -0.39 is 10.0 Å². The molecule has 0 radical (unpaired) electrons. The fraction of sp³-hybridized carbons (Fsp3) is 0.458. The number of carbonyl (C=O) groups excluding carboxylic acids is 1. The molecule has 0 aliphatic carbocycles. The maximum Gasteiger partial charge on any atom is 0.258 e. The number of rotatable bonds is 3. The maximum absolute atomic E-state index is 13.3. The molecule has 182 valence electrons. The molecule has 1 aromatic carbocycles. The second-order valence-corrected chi connectivity index (χ2v) is 11.2. The Bertz CT molecular complexity index is 1170. The fourth-order valence-electron chi connectivity index (χ4n) is 4.24. The molecule has 10 heteroatoms. The smallest absolute Gasteiger partial charge is 0.258 e. The Morgan fingerprint density at radius 2 is 1.97 bits per heavy atom. The van der Waals surface area contributed by atoms with Gasteiger partial charge >= 0.3 is 0 Å². The Morgan fingerprint density at radius 1 is 1.18 bits per heavy atom. The van der Waals surface area contributed by atoms with Crippen molar-refractivity contribution in [2.75, 3.05) is 45.6 Å². The molecule has 1 aromatic heterocycles. The molecule has 0 unspecified atom stereocenters. The van der Waals surface area contributed by atoms with Gasteiger partial charge in [-0.2, -0.15) is 4.98 Å². The summed E-state index contributed by atoms with van der Waals surface area (Å²) >= 11 is 0. The average molecular weight is 485 g/mol. The van der Waals surface area contributed by atoms with E-state index in [9.17, 15) is 13.2 Å². The first-order valence-electron chi connectivity index (χ1n) is 11.7. The lowest BCUT2D eigenvalue weighted by Crippen LogP contribution is -2.39. The molecule has 4 bridgehead atoms. The van der Waals surface area contributed by atoms with Gasteiger partial charge in [0.2, 0.25) is 16.0 Å². The van der Waals surface area contributed by atoms with Gasteiger partial charge in [-0.1, -0.05) is 19.1 Å². The minimum atomic E-state index is -3.43. The number of sulfonamides is 1. The number of aromatic nitrogens is 2. The first kappa shape index (κ1) is 24.0. The summed E-state index contributed by atoms with van der Waals surface area (Å²) in [5, 5.41) is 6.06. The molecule has 3 aliphatic heterocycles. The second kappa shape index (κ2) is 10.0. The number of benzene rings is 1. The molecule has 1 fully saturated rings. The number of nitrogens with zero attached hydrogens (tertiary/aromatic N) is 3. The van der Waals surface area contributed by atoms with Gasteiger partial charge in [0.15, 0.2) is 0 Å². The summed E-state index contributed by atoms with van der Waals surface area (Å²) in [7, 11) is -3.43. The molecule has 0 atom stereocenters. The van der Waals surface area contributed by atoms with E-state index in [1.165, 1.54) is 0 Å². The van der Waals surface area contributed by atoms with Crippen LogP contribution in [0.15, 0.2) is 42.6 Å². The number of hydrogen-bond donors (Lipinski definition) is 3. The molecule has 5 rings (SSSR count). The highest BCUT2D eigenvalue weighted by Crippen LogP contribution is 2.38. The predicted molar refractivity (Wildman–Crippen MR) is 136 cm³/mol. The third-order valence-corrected chi connectivity index (χ3v) is 7.78. The van der Waals surface area contributed by atoms with E-state index in [0.717, 1.165) is 38.8 Å². The Labute approximate surface area is 201 Å². The molecule has 0 saturated carbocycles. The molecule has 2 aromatic rings. The van der Waals surface area contributed by atoms with Gasteiger partial charge in [-0.15, -0.1) is 0 Å². The Balaban J connectivity index is 1.71. The molecular weight excluding hydrogens is 452 g/mol. The van der Waals surface area contributed by atoms with Crippen LogP contribution >= 0.6 is 0 Å². The molecule has 3 aliphatic rings. The largest absolute Gasteiger partial charge is 0.371 e. The normalized spacial score (nSPS) is 19.4. The summed E-state index contributed by atoms with van der Waals surface area (Å²) in [6.07, 6.45) is 9.87. The van der Waals surface area contributed by atoms with Crippen molar-refractivity contribution in [3.05, 3.63) is 48.2 Å². The zero-order valence-electron chi connectivity index (χ0n) is 19.7. The van der Waals surface area contributed by atoms with E-state index >= 15 is 0 Å². The van der Waals surface area contributed by atoms with Crippen LogP contribution in [0.4, 0.5) is 23.1 Å². The minimum Gasteiger partial charge on any atom is -0.371 e. The highest BCUT2D eigenvalue weighted by atomic mass is 32.2. The number of fused-ring (bicyclic) bond motifs is 7. The Kier molecular flexibility index (Phi) is 7.06. The van der Waals surface area contributed by atoms with Crippen LogP contribution in [0.2, 0.25) is 0 Å². The fourth-order valence-corrected chi connectivity index (χ4v) is 4.87. The SMILES string of the molecule is CCS(=O)(=O)Nc1ccc2c(c1)N1CCC(C)(C/C=C\CCNc3nccc(n3)NC2=O)CC1. The third-order valence-electron chi connectivity index (χ3n) is 6.48. The molecule has 1 amide bonds. The summed E-state index contributed by atoms with van der Waals surface area (Å²) in [4.78, 5) is 24.1. The lowest BCUT2D eigenvalue weighted by atomic mass is 9.77. The van der Waals surface area contributed by atoms with Gasteiger partial charge in [-0.05, 0) is 62.3 Å². The minimum absolute atomic E-state index is 0.0236. The quantitative estimate of drug-likeness (QED) is 0.567. The molecule has 3 N–H and O–H groups in total. The van der Waals surface area contributed by atoms with Crippen LogP contribution in [-0.4, -0.2) is 49.7 Å². The molecule has 1 saturated heterocycles. The van der Waals surface area contributed by atoms with E-state index in [1.807, 2.05) is 0 Å². The van der Waals surface area contributed by atoms with E-state index in [1.54, 1.807) is 37.4 Å². The van der Waals surface area contributed by atoms with E-state index in [-0.39, 0.29) is 17.1 Å². The molecule has 4 heterocycles. The predicted octanol–water partition coefficient (Wildman–Crippen LogP) is 3.86. The van der Waals surface area contributed by atoms with Crippen molar-refractivity contribution >= 4 is 39.1 Å². The summed E-state index contributed by atoms with van der Waals surface area (Å²) in [5.41, 5.74) is 1.82. The van der Waals surface area contributed by atoms with E-state index in [2.05, 4.69) is 49.3 Å². The monoisotopic (exact) mass is 484 g/mol. The zero-order valence-corrected chi connectivity index (χ0v) is 20.5. The van der Waals surface area contributed by atoms with E-state index in [0.29, 0.717) is 35.2 Å². The number of allylic oxidation sites excluding steroid dienone is 1. The number of anilines is 4. The van der Waals surface area contributed by atoms with Gasteiger partial charge < -0.3 is 15.5 Å². The second-order valence-electron chi connectivity index (χ2n) is 9.15. The third kappa shape index (κ3) is 5.85. The van der Waals surface area contributed by atoms with Gasteiger partial charge in [-0.25, -0.2) is 13.4 Å². The average Bonchev–Trinajstić information content (AvgIpc) is 2.81. The molecule has 9 nitrogen and oxygen atoms in total. The number of carbonyl (C=O) groups is 1. The summed E-state index contributed by atoms with van der Waals surface area (Å²) < 4.78 is 26.9. The van der Waals surface area contributed by atoms with Gasteiger partial charge in [0.05, 0.1) is 22.7 Å². The zero-order chi connectivity index (χ0) is 24.2. The van der Waals surface area contributed by atoms with Crippen molar-refractivity contribution < 1.29 is 13.2 Å². The standard InChI is InChI=1S/C24H32N6O3S/c1-3-34(32,33)29-18-7-8-19-20(17-18)30-15-11-24(2,12-16-30)10-5-4-6-13-25-23-26-14-9-21(28-23)27-22(19)31/h4-5,7-9,14,17,29H,3,6,10-13,15-16H2,1-2H3,(H2,25,26,27,28,31)/b5-4-. The van der Waals surface area contributed by atoms with Crippen molar-refractivity contribution in [2.24, 2.45) is 5.41 Å². The van der Waals surface area contributed by atoms with Crippen LogP contribution in [0.1, 0.15) is 49.9 Å². The number of amides is 1. The van der Waals surface area contributed by atoms with Crippen molar-refractivity contribution in [3.8, 4) is 0 Å². The Morgan fingerprint density at radius 3 is 2.74 bits per heavy atom. The molecular formula is C24H32N6O3S. The highest BCUT2D eigenvalue weighted by molar-refractivity contribution is 7.92. The van der Waals surface area contributed by atoms with Crippen LogP contribution < -0.4 is 20.3 Å². The maximum atomic E-state index is 13.3. The van der Waals surface area contributed by atoms with Crippen LogP contribution in [0, 0.1) is 5.41 Å². The summed E-state index contributed by atoms with van der Waals surface area (Å²) in [5.74, 6) is 0.527. The summed E-state index contributed by atoms with van der Waals surface area (Å²) in [6.45, 7) is 6.17. The first-order valence-corrected chi connectivity index (χ1v) is 13.3. The van der Waals surface area contributed by atoms with Crippen LogP contribution in [0.3, 0.4) is 0 Å². The van der Waals surface area contributed by atoms with Crippen molar-refractivity contribution in [2.45, 2.75) is 39.5 Å². The van der Waals surface area contributed by atoms with E-state index in [4.69, 9.17) is 0 Å². The van der Waals surface area contributed by atoms with Crippen molar-refractivity contribution in [1.29, 1.82) is 0 Å². The van der Waals surface area contributed by atoms with Gasteiger partial charge in [-0.3, -0.25) is 9.52 Å². The van der Waals surface area contributed by atoms with Crippen LogP contribution in [-0.2, 0) is 10.0 Å². The van der Waals surface area contributed by atoms with Gasteiger partial charge in [0.25, 0.3) is 5.91 Å². The molecule has 0 spiro atoms. The van der Waals surface area contributed by atoms with Crippen molar-refractivity contribution in [3.63, 3.8) is 0 Å². The summed E-state index contributed by atoms with van der Waals surface area (Å²) in [6, 6.07) is 6.70.